The fraction of sp³-hybridized carbons (Fsp3) is 0.302. The van der Waals surface area contributed by atoms with Gasteiger partial charge in [0, 0.05) is 43.9 Å². The molecule has 0 bridgehead atoms. The van der Waals surface area contributed by atoms with E-state index in [1.165, 1.54) is 34.1 Å². The lowest BCUT2D eigenvalue weighted by atomic mass is 9.99. The van der Waals surface area contributed by atoms with Crippen molar-refractivity contribution in [1.82, 2.24) is 34.9 Å². The number of carbonyl (C=O) groups is 7. The summed E-state index contributed by atoms with van der Waals surface area (Å²) in [5.41, 5.74) is 7.13. The molecule has 2 aliphatic rings. The highest BCUT2D eigenvalue weighted by Gasteiger charge is 2.45. The Hall–Kier alpha value is -7.79. The summed E-state index contributed by atoms with van der Waals surface area (Å²) in [4.78, 5) is 99.2. The molecule has 2 aromatic carbocycles. The number of imide groups is 2. The summed E-state index contributed by atoms with van der Waals surface area (Å²) in [7, 11) is 1.61. The topological polar surface area (TPSA) is 263 Å². The number of nitrogens with two attached hydrogens (primary N) is 1. The number of anilines is 2. The van der Waals surface area contributed by atoms with Gasteiger partial charge in [0.1, 0.15) is 24.7 Å². The Morgan fingerprint density at radius 2 is 1.76 bits per heavy atom. The van der Waals surface area contributed by atoms with Crippen LogP contribution in [0.4, 0.5) is 24.7 Å². The monoisotopic (exact) mass is 914 g/mol. The highest BCUT2D eigenvalue weighted by molar-refractivity contribution is 6.24. The lowest BCUT2D eigenvalue weighted by molar-refractivity contribution is -0.136. The predicted octanol–water partition coefficient (Wildman–Crippen LogP) is 3.39. The number of primary amides is 1. The molecule has 1 unspecified atom stereocenters. The van der Waals surface area contributed by atoms with Crippen LogP contribution >= 0.6 is 0 Å². The Kier molecular flexibility index (Phi) is 14.0. The van der Waals surface area contributed by atoms with Gasteiger partial charge in [0.2, 0.25) is 17.7 Å². The summed E-state index contributed by atoms with van der Waals surface area (Å²) >= 11 is 0. The Balaban J connectivity index is 0.835. The molecule has 0 spiro atoms. The first-order valence-electron chi connectivity index (χ1n) is 20.4. The number of piperidine rings is 1. The van der Waals surface area contributed by atoms with Crippen molar-refractivity contribution in [2.45, 2.75) is 37.9 Å². The van der Waals surface area contributed by atoms with Crippen molar-refractivity contribution in [2.24, 2.45) is 5.73 Å². The minimum absolute atomic E-state index is 0.0364. The molecule has 344 valence electrons. The van der Waals surface area contributed by atoms with Gasteiger partial charge in [-0.15, -0.1) is 0 Å². The first-order valence-corrected chi connectivity index (χ1v) is 20.4. The first-order chi connectivity index (χ1) is 31.6. The van der Waals surface area contributed by atoms with Crippen LogP contribution in [0, 0.1) is 0 Å². The van der Waals surface area contributed by atoms with Crippen molar-refractivity contribution in [3.8, 4) is 17.1 Å². The molecule has 5 aromatic rings. The molecule has 7 rings (SSSR count). The van der Waals surface area contributed by atoms with Gasteiger partial charge in [-0.2, -0.15) is 18.3 Å². The first kappa shape index (κ1) is 46.2. The Morgan fingerprint density at radius 3 is 2.48 bits per heavy atom. The molecule has 2 aliphatic heterocycles. The van der Waals surface area contributed by atoms with E-state index in [-0.39, 0.29) is 90.6 Å². The van der Waals surface area contributed by atoms with Crippen LogP contribution < -0.4 is 21.7 Å². The summed E-state index contributed by atoms with van der Waals surface area (Å²) in [6.07, 6.45) is 0.239. The maximum Gasteiger partial charge on any atom is 0.405 e. The standard InChI is InChI=1S/C43H41F3N10O10/c1-54(15-17-65-19-18-64-16-3-5-24-4-2-6-28-34(24)42(63)56(41(28)62)31-11-12-33(57)52-38(31)60)40(61)25-7-9-27(10-8-25)55-21-29(35(53-55)36(47)58)50-37(59)30-22-66-39(51-30)26-13-14-48-32(20-26)49-23-43(44,45)46/h2,4,6-10,13-14,20-22,31H,3,5,11-12,15-19,23H2,1H3,(H2,47,58)(H,48,49)(H,50,59)(H,52,57,60). The number of halogens is 3. The van der Waals surface area contributed by atoms with E-state index in [1.807, 2.05) is 0 Å². The highest BCUT2D eigenvalue weighted by atomic mass is 19.4. The second-order valence-corrected chi connectivity index (χ2v) is 15.0. The van der Waals surface area contributed by atoms with E-state index >= 15 is 0 Å². The average molecular weight is 915 g/mol. The van der Waals surface area contributed by atoms with E-state index in [9.17, 15) is 46.7 Å². The van der Waals surface area contributed by atoms with Gasteiger partial charge in [0.15, 0.2) is 11.4 Å². The Bertz CT molecular complexity index is 2680. The Morgan fingerprint density at radius 1 is 1.00 bits per heavy atom. The lowest BCUT2D eigenvalue weighted by Gasteiger charge is -2.27. The van der Waals surface area contributed by atoms with Crippen LogP contribution in [0.15, 0.2) is 77.7 Å². The predicted molar refractivity (Wildman–Crippen MR) is 224 cm³/mol. The number of benzene rings is 2. The van der Waals surface area contributed by atoms with Crippen molar-refractivity contribution in [1.29, 1.82) is 0 Å². The molecule has 1 fully saturated rings. The fourth-order valence-corrected chi connectivity index (χ4v) is 7.09. The number of oxazole rings is 1. The number of nitrogens with zero attached hydrogens (tertiary/aromatic N) is 6. The second kappa shape index (κ2) is 19.9. The molecule has 7 amide bonds. The van der Waals surface area contributed by atoms with Gasteiger partial charge < -0.3 is 35.2 Å². The molecular weight excluding hydrogens is 874 g/mol. The lowest BCUT2D eigenvalue weighted by Crippen LogP contribution is -2.54. The quantitative estimate of drug-likeness (QED) is 0.0684. The number of likely N-dealkylation sites (N-methyl/N-ethyl adjacent to an activating group) is 1. The SMILES string of the molecule is CN(CCOCCOCCCc1cccc2c1C(=O)N(C1CCC(=O)NC1=O)C2=O)C(=O)c1ccc(-n2cc(NC(=O)c3coc(-c4ccnc(NCC(F)(F)F)c4)n3)c(C(N)=O)n2)cc1. The van der Waals surface area contributed by atoms with E-state index < -0.39 is 54.2 Å². The number of hydrogen-bond acceptors (Lipinski definition) is 14. The van der Waals surface area contributed by atoms with Crippen LogP contribution in [-0.2, 0) is 25.5 Å². The summed E-state index contributed by atoms with van der Waals surface area (Å²) < 4.78 is 55.9. The Labute approximate surface area is 372 Å². The number of carbonyl (C=O) groups excluding carboxylic acids is 7. The van der Waals surface area contributed by atoms with Crippen LogP contribution in [-0.4, -0.2) is 130 Å². The fourth-order valence-electron chi connectivity index (χ4n) is 7.09. The minimum atomic E-state index is -4.47. The summed E-state index contributed by atoms with van der Waals surface area (Å²) in [6, 6.07) is 12.9. The molecule has 0 aliphatic carbocycles. The van der Waals surface area contributed by atoms with E-state index in [4.69, 9.17) is 19.6 Å². The number of fused-ring (bicyclic) bond motifs is 1. The van der Waals surface area contributed by atoms with E-state index in [0.717, 1.165) is 11.2 Å². The zero-order chi connectivity index (χ0) is 47.1. The summed E-state index contributed by atoms with van der Waals surface area (Å²) in [6.45, 7) is 0.0527. The number of aryl methyl sites for hydroxylation is 1. The van der Waals surface area contributed by atoms with Crippen LogP contribution in [0.25, 0.3) is 17.1 Å². The van der Waals surface area contributed by atoms with E-state index in [2.05, 4.69) is 31.0 Å². The van der Waals surface area contributed by atoms with Gasteiger partial charge in [0.25, 0.3) is 29.5 Å². The van der Waals surface area contributed by atoms with Gasteiger partial charge in [-0.05, 0) is 67.3 Å². The number of rotatable bonds is 19. The maximum absolute atomic E-state index is 13.3. The molecule has 0 radical (unpaired) electrons. The van der Waals surface area contributed by atoms with Gasteiger partial charge in [0.05, 0.1) is 48.5 Å². The van der Waals surface area contributed by atoms with Crippen LogP contribution in [0.2, 0.25) is 0 Å². The maximum atomic E-state index is 13.3. The van der Waals surface area contributed by atoms with Crippen LogP contribution in [0.3, 0.4) is 0 Å². The molecule has 20 nitrogen and oxygen atoms in total. The zero-order valence-corrected chi connectivity index (χ0v) is 35.1. The normalized spacial score (nSPS) is 14.8. The number of ether oxygens (including phenoxy) is 2. The molecule has 5 N–H and O–H groups in total. The molecular formula is C43H41F3N10O10. The molecule has 66 heavy (non-hydrogen) atoms. The summed E-state index contributed by atoms with van der Waals surface area (Å²) in [5.74, 6) is -4.44. The third-order valence-corrected chi connectivity index (χ3v) is 10.4. The molecule has 5 heterocycles. The largest absolute Gasteiger partial charge is 0.444 e. The van der Waals surface area contributed by atoms with Crippen LogP contribution in [0.5, 0.6) is 0 Å². The third-order valence-electron chi connectivity index (χ3n) is 10.4. The van der Waals surface area contributed by atoms with Crippen molar-refractivity contribution < 1.29 is 60.6 Å². The number of hydrogen-bond donors (Lipinski definition) is 4. The number of amides is 7. The van der Waals surface area contributed by atoms with Crippen molar-refractivity contribution in [3.63, 3.8) is 0 Å². The summed E-state index contributed by atoms with van der Waals surface area (Å²) in [5, 5.41) is 11.0. The third kappa shape index (κ3) is 10.8. The number of nitrogens with one attached hydrogen (secondary N) is 3. The molecule has 3 aromatic heterocycles. The van der Waals surface area contributed by atoms with Gasteiger partial charge in [-0.3, -0.25) is 43.8 Å². The number of aromatic nitrogens is 4. The molecule has 1 saturated heterocycles. The van der Waals surface area contributed by atoms with E-state index in [1.54, 1.807) is 49.5 Å². The van der Waals surface area contributed by atoms with Crippen molar-refractivity contribution in [3.05, 3.63) is 107 Å². The zero-order valence-electron chi connectivity index (χ0n) is 35.1. The average Bonchev–Trinajstić information content (AvgIpc) is 4.02. The number of pyridine rings is 1. The van der Waals surface area contributed by atoms with Gasteiger partial charge >= 0.3 is 6.18 Å². The van der Waals surface area contributed by atoms with Crippen LogP contribution in [0.1, 0.15) is 76.9 Å². The molecule has 1 atom stereocenters. The number of alkyl halides is 3. The second-order valence-electron chi connectivity index (χ2n) is 15.0. The smallest absolute Gasteiger partial charge is 0.405 e. The van der Waals surface area contributed by atoms with Gasteiger partial charge in [-0.25, -0.2) is 14.6 Å². The molecule has 0 saturated carbocycles. The molecule has 23 heteroatoms. The van der Waals surface area contributed by atoms with E-state index in [0.29, 0.717) is 36.3 Å². The van der Waals surface area contributed by atoms with Crippen molar-refractivity contribution in [2.75, 3.05) is 57.2 Å². The highest BCUT2D eigenvalue weighted by Crippen LogP contribution is 2.31. The van der Waals surface area contributed by atoms with Crippen molar-refractivity contribution >= 4 is 52.9 Å². The minimum Gasteiger partial charge on any atom is -0.444 e. The van der Waals surface area contributed by atoms with Gasteiger partial charge in [-0.1, -0.05) is 12.1 Å².